The molecule has 2 rings (SSSR count). The number of nitrogens with one attached hydrogen (secondary N) is 1. The summed E-state index contributed by atoms with van der Waals surface area (Å²) in [7, 11) is 0. The van der Waals surface area contributed by atoms with Crippen molar-refractivity contribution in [1.82, 2.24) is 10.2 Å². The number of likely N-dealkylation sites (tertiary alicyclic amines) is 1. The van der Waals surface area contributed by atoms with Crippen molar-refractivity contribution >= 4 is 0 Å². The average Bonchev–Trinajstić information content (AvgIpc) is 2.38. The molecule has 2 atom stereocenters. The Balaban J connectivity index is 2.19. The third kappa shape index (κ3) is 0.944. The molecule has 0 aliphatic carbocycles. The van der Waals surface area contributed by atoms with Gasteiger partial charge in [-0.2, -0.15) is 0 Å². The van der Waals surface area contributed by atoms with Crippen LogP contribution in [0, 0.1) is 10.8 Å². The van der Waals surface area contributed by atoms with Crippen LogP contribution in [0.2, 0.25) is 0 Å². The van der Waals surface area contributed by atoms with E-state index >= 15 is 0 Å². The largest absolute Gasteiger partial charge is 0.316 e. The second kappa shape index (κ2) is 2.46. The first kappa shape index (κ1) is 8.52. The Morgan fingerprint density at radius 3 is 2.08 bits per heavy atom. The maximum atomic E-state index is 3.52. The summed E-state index contributed by atoms with van der Waals surface area (Å²) in [6.07, 6.45) is 0. The lowest BCUT2D eigenvalue weighted by molar-refractivity contribution is 0.212. The van der Waals surface area contributed by atoms with Crippen LogP contribution >= 0.6 is 0 Å². The van der Waals surface area contributed by atoms with Crippen molar-refractivity contribution in [3.63, 3.8) is 0 Å². The van der Waals surface area contributed by atoms with Gasteiger partial charge in [0.1, 0.15) is 0 Å². The van der Waals surface area contributed by atoms with Crippen molar-refractivity contribution in [2.75, 3.05) is 32.7 Å². The van der Waals surface area contributed by atoms with Crippen LogP contribution in [0.15, 0.2) is 0 Å². The molecule has 2 heteroatoms. The highest BCUT2D eigenvalue weighted by molar-refractivity contribution is 5.08. The van der Waals surface area contributed by atoms with Gasteiger partial charge in [0.25, 0.3) is 0 Å². The Labute approximate surface area is 75.3 Å². The molecule has 2 aliphatic rings. The summed E-state index contributed by atoms with van der Waals surface area (Å²) in [6, 6.07) is 0. The molecule has 2 nitrogen and oxygen atoms in total. The van der Waals surface area contributed by atoms with Crippen LogP contribution in [-0.4, -0.2) is 37.6 Å². The molecule has 0 bridgehead atoms. The van der Waals surface area contributed by atoms with Crippen molar-refractivity contribution in [3.05, 3.63) is 0 Å². The van der Waals surface area contributed by atoms with E-state index < -0.39 is 0 Å². The van der Waals surface area contributed by atoms with Crippen LogP contribution in [0.3, 0.4) is 0 Å². The molecule has 0 aromatic heterocycles. The highest BCUT2D eigenvalue weighted by atomic mass is 15.2. The van der Waals surface area contributed by atoms with E-state index in [0.29, 0.717) is 10.8 Å². The van der Waals surface area contributed by atoms with Crippen molar-refractivity contribution in [2.24, 2.45) is 10.8 Å². The molecule has 0 aromatic carbocycles. The average molecular weight is 168 g/mol. The summed E-state index contributed by atoms with van der Waals surface area (Å²) in [5.41, 5.74) is 1.06. The molecule has 2 saturated heterocycles. The molecule has 0 radical (unpaired) electrons. The third-order valence-electron chi connectivity index (χ3n) is 4.08. The van der Waals surface area contributed by atoms with Crippen LogP contribution in [0.4, 0.5) is 0 Å². The van der Waals surface area contributed by atoms with Gasteiger partial charge in [-0.05, 0) is 6.54 Å². The summed E-state index contributed by atoms with van der Waals surface area (Å²) in [4.78, 5) is 2.58. The number of hydrogen-bond donors (Lipinski definition) is 1. The highest BCUT2D eigenvalue weighted by Crippen LogP contribution is 2.48. The van der Waals surface area contributed by atoms with Crippen LogP contribution in [0.1, 0.15) is 20.8 Å². The summed E-state index contributed by atoms with van der Waals surface area (Å²) in [5, 5.41) is 3.52. The maximum Gasteiger partial charge on any atom is 0.00538 e. The summed E-state index contributed by atoms with van der Waals surface area (Å²) < 4.78 is 0. The van der Waals surface area contributed by atoms with Crippen molar-refractivity contribution < 1.29 is 0 Å². The molecule has 2 aliphatic heterocycles. The van der Waals surface area contributed by atoms with Crippen LogP contribution in [-0.2, 0) is 0 Å². The van der Waals surface area contributed by atoms with Crippen LogP contribution in [0.5, 0.6) is 0 Å². The van der Waals surface area contributed by atoms with Gasteiger partial charge in [-0.15, -0.1) is 0 Å². The van der Waals surface area contributed by atoms with Gasteiger partial charge in [0.05, 0.1) is 0 Å². The minimum Gasteiger partial charge on any atom is -0.316 e. The fraction of sp³-hybridized carbons (Fsp3) is 1.00. The normalized spacial score (nSPS) is 48.2. The van der Waals surface area contributed by atoms with E-state index in [0.717, 1.165) is 0 Å². The molecule has 2 fully saturated rings. The minimum absolute atomic E-state index is 0.531. The molecule has 0 amide bonds. The van der Waals surface area contributed by atoms with E-state index in [4.69, 9.17) is 0 Å². The predicted molar refractivity (Wildman–Crippen MR) is 51.2 cm³/mol. The fourth-order valence-electron chi connectivity index (χ4n) is 2.80. The third-order valence-corrected chi connectivity index (χ3v) is 4.08. The Hall–Kier alpha value is -0.0800. The van der Waals surface area contributed by atoms with Crippen molar-refractivity contribution in [3.8, 4) is 0 Å². The van der Waals surface area contributed by atoms with Gasteiger partial charge in [-0.25, -0.2) is 0 Å². The SMILES string of the molecule is CCN1C[C@]2(C)CNC[C@@]2(C)C1. The second-order valence-electron chi connectivity index (χ2n) is 5.03. The van der Waals surface area contributed by atoms with E-state index in [9.17, 15) is 0 Å². The predicted octanol–water partition coefficient (Wildman–Crippen LogP) is 0.938. The molecule has 0 unspecified atom stereocenters. The van der Waals surface area contributed by atoms with E-state index in [-0.39, 0.29) is 0 Å². The van der Waals surface area contributed by atoms with Gasteiger partial charge in [0.2, 0.25) is 0 Å². The monoisotopic (exact) mass is 168 g/mol. The lowest BCUT2D eigenvalue weighted by Crippen LogP contribution is -2.34. The molecule has 0 aromatic rings. The molecular formula is C10H20N2. The van der Waals surface area contributed by atoms with Crippen LogP contribution in [0.25, 0.3) is 0 Å². The first-order chi connectivity index (χ1) is 5.60. The van der Waals surface area contributed by atoms with Gasteiger partial charge >= 0.3 is 0 Å². The zero-order valence-corrected chi connectivity index (χ0v) is 8.48. The quantitative estimate of drug-likeness (QED) is 0.627. The molecule has 12 heavy (non-hydrogen) atoms. The van der Waals surface area contributed by atoms with Gasteiger partial charge in [0, 0.05) is 37.0 Å². The molecule has 2 heterocycles. The molecule has 0 spiro atoms. The van der Waals surface area contributed by atoms with Crippen molar-refractivity contribution in [1.29, 1.82) is 0 Å². The molecule has 70 valence electrons. The Kier molecular flexibility index (Phi) is 1.74. The highest BCUT2D eigenvalue weighted by Gasteiger charge is 2.54. The van der Waals surface area contributed by atoms with Gasteiger partial charge in [-0.1, -0.05) is 20.8 Å². The van der Waals surface area contributed by atoms with E-state index in [1.165, 1.54) is 32.7 Å². The van der Waals surface area contributed by atoms with Crippen molar-refractivity contribution in [2.45, 2.75) is 20.8 Å². The molecule has 0 saturated carbocycles. The first-order valence-electron chi connectivity index (χ1n) is 5.03. The number of nitrogens with zero attached hydrogens (tertiary/aromatic N) is 1. The van der Waals surface area contributed by atoms with E-state index in [2.05, 4.69) is 31.0 Å². The fourth-order valence-corrected chi connectivity index (χ4v) is 2.80. The summed E-state index contributed by atoms with van der Waals surface area (Å²) >= 11 is 0. The second-order valence-corrected chi connectivity index (χ2v) is 5.03. The zero-order chi connectivity index (χ0) is 8.82. The Morgan fingerprint density at radius 2 is 1.67 bits per heavy atom. The maximum absolute atomic E-state index is 3.52. The lowest BCUT2D eigenvalue weighted by atomic mass is 9.71. The topological polar surface area (TPSA) is 15.3 Å². The minimum atomic E-state index is 0.531. The summed E-state index contributed by atoms with van der Waals surface area (Å²) in [5.74, 6) is 0. The molecule has 1 N–H and O–H groups in total. The van der Waals surface area contributed by atoms with E-state index in [1.54, 1.807) is 0 Å². The van der Waals surface area contributed by atoms with E-state index in [1.807, 2.05) is 0 Å². The van der Waals surface area contributed by atoms with Crippen LogP contribution < -0.4 is 5.32 Å². The van der Waals surface area contributed by atoms with Gasteiger partial charge < -0.3 is 10.2 Å². The van der Waals surface area contributed by atoms with Gasteiger partial charge in [-0.3, -0.25) is 0 Å². The standard InChI is InChI=1S/C10H20N2/c1-4-12-7-9(2)5-11-6-10(9,3)8-12/h11H,4-8H2,1-3H3/t9-,10-/m0/s1. The Morgan fingerprint density at radius 1 is 1.17 bits per heavy atom. The first-order valence-corrected chi connectivity index (χ1v) is 5.03. The molecular weight excluding hydrogens is 148 g/mol. The number of hydrogen-bond acceptors (Lipinski definition) is 2. The van der Waals surface area contributed by atoms with Gasteiger partial charge in [0.15, 0.2) is 0 Å². The smallest absolute Gasteiger partial charge is 0.00538 e. The zero-order valence-electron chi connectivity index (χ0n) is 8.48. The number of fused-ring (bicyclic) bond motifs is 1. The summed E-state index contributed by atoms with van der Waals surface area (Å²) in [6.45, 7) is 13.3. The number of rotatable bonds is 1. The lowest BCUT2D eigenvalue weighted by Gasteiger charge is -2.31. The Bertz CT molecular complexity index is 174.